The van der Waals surface area contributed by atoms with E-state index in [0.29, 0.717) is 12.0 Å². The van der Waals surface area contributed by atoms with Crippen molar-refractivity contribution in [1.82, 2.24) is 5.32 Å². The minimum atomic E-state index is 0.0693. The zero-order valence-electron chi connectivity index (χ0n) is 11.2. The van der Waals surface area contributed by atoms with E-state index >= 15 is 0 Å². The van der Waals surface area contributed by atoms with E-state index in [4.69, 9.17) is 5.73 Å². The molecule has 3 atom stereocenters. The number of carbonyl (C=O) groups excluding carboxylic acids is 1. The third-order valence-corrected chi connectivity index (χ3v) is 4.74. The van der Waals surface area contributed by atoms with Gasteiger partial charge in [0.05, 0.1) is 0 Å². The molecule has 2 fully saturated rings. The van der Waals surface area contributed by atoms with E-state index in [1.807, 2.05) is 0 Å². The summed E-state index contributed by atoms with van der Waals surface area (Å²) in [7, 11) is 0. The molecule has 3 unspecified atom stereocenters. The van der Waals surface area contributed by atoms with Crippen LogP contribution in [0.5, 0.6) is 0 Å². The minimum absolute atomic E-state index is 0.0693. The second kappa shape index (κ2) is 4.97. The molecule has 0 aromatic rings. The number of amides is 1. The Labute approximate surface area is 105 Å². The van der Waals surface area contributed by atoms with Crippen LogP contribution in [-0.4, -0.2) is 17.5 Å². The molecule has 3 heteroatoms. The van der Waals surface area contributed by atoms with E-state index in [-0.39, 0.29) is 17.4 Å². The average Bonchev–Trinajstić information content (AvgIpc) is 2.69. The molecule has 0 bridgehead atoms. The molecule has 2 aliphatic rings. The Kier molecular flexibility index (Phi) is 3.76. The number of hydrogen-bond acceptors (Lipinski definition) is 2. The molecule has 1 amide bonds. The maximum absolute atomic E-state index is 12.3. The van der Waals surface area contributed by atoms with Crippen LogP contribution in [0.3, 0.4) is 0 Å². The van der Waals surface area contributed by atoms with Crippen LogP contribution < -0.4 is 11.1 Å². The Balaban J connectivity index is 1.88. The molecule has 2 saturated carbocycles. The van der Waals surface area contributed by atoms with Crippen LogP contribution in [0.1, 0.15) is 58.8 Å². The van der Waals surface area contributed by atoms with Crippen molar-refractivity contribution >= 4 is 5.91 Å². The first-order chi connectivity index (χ1) is 8.00. The van der Waals surface area contributed by atoms with Gasteiger partial charge in [0.15, 0.2) is 0 Å². The van der Waals surface area contributed by atoms with E-state index in [9.17, 15) is 4.79 Å². The lowest BCUT2D eigenvalue weighted by atomic mass is 9.78. The lowest BCUT2D eigenvalue weighted by Gasteiger charge is -2.34. The molecule has 0 heterocycles. The lowest BCUT2D eigenvalue weighted by Crippen LogP contribution is -2.48. The van der Waals surface area contributed by atoms with E-state index in [1.165, 1.54) is 12.8 Å². The topological polar surface area (TPSA) is 55.1 Å². The summed E-state index contributed by atoms with van der Waals surface area (Å²) in [5.41, 5.74) is 6.07. The standard InChI is InChI=1S/C14H26N2O/c1-10-9-11(5-6-12(10)15)13(17)16-14(2)7-3-4-8-14/h10-12H,3-9,15H2,1-2H3,(H,16,17). The Morgan fingerprint density at radius 2 is 1.94 bits per heavy atom. The van der Waals surface area contributed by atoms with E-state index in [0.717, 1.165) is 32.1 Å². The SMILES string of the molecule is CC1CC(C(=O)NC2(C)CCCC2)CCC1N. The van der Waals surface area contributed by atoms with Gasteiger partial charge in [-0.15, -0.1) is 0 Å². The Morgan fingerprint density at radius 1 is 1.29 bits per heavy atom. The minimum Gasteiger partial charge on any atom is -0.351 e. The second-order valence-corrected chi connectivity index (χ2v) is 6.41. The number of nitrogens with two attached hydrogens (primary N) is 1. The summed E-state index contributed by atoms with van der Waals surface area (Å²) in [4.78, 5) is 12.3. The van der Waals surface area contributed by atoms with Gasteiger partial charge in [-0.3, -0.25) is 4.79 Å². The number of carbonyl (C=O) groups is 1. The summed E-state index contributed by atoms with van der Waals surface area (Å²) in [5, 5.41) is 3.28. The summed E-state index contributed by atoms with van der Waals surface area (Å²) in [5.74, 6) is 0.950. The smallest absolute Gasteiger partial charge is 0.223 e. The molecule has 0 radical (unpaired) electrons. The molecule has 17 heavy (non-hydrogen) atoms. The van der Waals surface area contributed by atoms with Gasteiger partial charge in [0, 0.05) is 17.5 Å². The van der Waals surface area contributed by atoms with Crippen LogP contribution in [-0.2, 0) is 4.79 Å². The monoisotopic (exact) mass is 238 g/mol. The molecule has 2 rings (SSSR count). The molecule has 3 nitrogen and oxygen atoms in total. The third kappa shape index (κ3) is 3.01. The van der Waals surface area contributed by atoms with Crippen molar-refractivity contribution in [2.24, 2.45) is 17.6 Å². The first-order valence-corrected chi connectivity index (χ1v) is 7.08. The first-order valence-electron chi connectivity index (χ1n) is 7.08. The van der Waals surface area contributed by atoms with Gasteiger partial charge < -0.3 is 11.1 Å². The quantitative estimate of drug-likeness (QED) is 0.775. The summed E-state index contributed by atoms with van der Waals surface area (Å²) in [6, 6.07) is 0.293. The third-order valence-electron chi connectivity index (χ3n) is 4.74. The molecule has 0 aromatic heterocycles. The van der Waals surface area contributed by atoms with Crippen molar-refractivity contribution in [1.29, 1.82) is 0 Å². The Hall–Kier alpha value is -0.570. The zero-order chi connectivity index (χ0) is 12.5. The van der Waals surface area contributed by atoms with Gasteiger partial charge in [-0.1, -0.05) is 19.8 Å². The Bertz CT molecular complexity index is 284. The fraction of sp³-hybridized carbons (Fsp3) is 0.929. The predicted molar refractivity (Wildman–Crippen MR) is 69.5 cm³/mol. The van der Waals surface area contributed by atoms with Gasteiger partial charge in [0.25, 0.3) is 0 Å². The van der Waals surface area contributed by atoms with Crippen molar-refractivity contribution in [3.05, 3.63) is 0 Å². The largest absolute Gasteiger partial charge is 0.351 e. The van der Waals surface area contributed by atoms with E-state index in [1.54, 1.807) is 0 Å². The summed E-state index contributed by atoms with van der Waals surface area (Å²) in [6.45, 7) is 4.36. The molecule has 2 aliphatic carbocycles. The molecule has 98 valence electrons. The van der Waals surface area contributed by atoms with Crippen molar-refractivity contribution in [2.45, 2.75) is 70.4 Å². The van der Waals surface area contributed by atoms with Gasteiger partial charge in [0.1, 0.15) is 0 Å². The molecule has 0 aromatic carbocycles. The summed E-state index contributed by atoms with van der Waals surface area (Å²) >= 11 is 0. The van der Waals surface area contributed by atoms with E-state index < -0.39 is 0 Å². The van der Waals surface area contributed by atoms with Gasteiger partial charge in [-0.2, -0.15) is 0 Å². The van der Waals surface area contributed by atoms with Crippen LogP contribution in [0.2, 0.25) is 0 Å². The average molecular weight is 238 g/mol. The number of nitrogens with one attached hydrogen (secondary N) is 1. The molecule has 3 N–H and O–H groups in total. The van der Waals surface area contributed by atoms with Crippen LogP contribution in [0.25, 0.3) is 0 Å². The van der Waals surface area contributed by atoms with E-state index in [2.05, 4.69) is 19.2 Å². The highest BCUT2D eigenvalue weighted by atomic mass is 16.2. The highest BCUT2D eigenvalue weighted by molar-refractivity contribution is 5.79. The fourth-order valence-corrected chi connectivity index (χ4v) is 3.34. The highest BCUT2D eigenvalue weighted by Crippen LogP contribution is 2.32. The normalized spacial score (nSPS) is 36.8. The predicted octanol–water partition coefficient (Wildman–Crippen LogP) is 2.20. The van der Waals surface area contributed by atoms with Crippen molar-refractivity contribution < 1.29 is 4.79 Å². The van der Waals surface area contributed by atoms with Gasteiger partial charge in [-0.25, -0.2) is 0 Å². The zero-order valence-corrected chi connectivity index (χ0v) is 11.2. The van der Waals surface area contributed by atoms with Crippen LogP contribution >= 0.6 is 0 Å². The van der Waals surface area contributed by atoms with Crippen molar-refractivity contribution in [3.63, 3.8) is 0 Å². The number of rotatable bonds is 2. The Morgan fingerprint density at radius 3 is 2.53 bits per heavy atom. The lowest BCUT2D eigenvalue weighted by molar-refractivity contribution is -0.128. The van der Waals surface area contributed by atoms with Gasteiger partial charge in [0.2, 0.25) is 5.91 Å². The summed E-state index contributed by atoms with van der Waals surface area (Å²) < 4.78 is 0. The highest BCUT2D eigenvalue weighted by Gasteiger charge is 2.35. The van der Waals surface area contributed by atoms with Crippen LogP contribution in [0.15, 0.2) is 0 Å². The molecule has 0 aliphatic heterocycles. The van der Waals surface area contributed by atoms with Gasteiger partial charge in [-0.05, 0) is 44.9 Å². The maximum atomic E-state index is 12.3. The summed E-state index contributed by atoms with van der Waals surface area (Å²) in [6.07, 6.45) is 7.71. The molecular formula is C14H26N2O. The molecular weight excluding hydrogens is 212 g/mol. The molecule has 0 spiro atoms. The maximum Gasteiger partial charge on any atom is 0.223 e. The van der Waals surface area contributed by atoms with Gasteiger partial charge >= 0.3 is 0 Å². The number of hydrogen-bond donors (Lipinski definition) is 2. The van der Waals surface area contributed by atoms with Crippen molar-refractivity contribution in [2.75, 3.05) is 0 Å². The van der Waals surface area contributed by atoms with Crippen LogP contribution in [0.4, 0.5) is 0 Å². The van der Waals surface area contributed by atoms with Crippen molar-refractivity contribution in [3.8, 4) is 0 Å². The van der Waals surface area contributed by atoms with Crippen LogP contribution in [0, 0.1) is 11.8 Å². The fourth-order valence-electron chi connectivity index (χ4n) is 3.34. The first kappa shape index (κ1) is 12.9. The second-order valence-electron chi connectivity index (χ2n) is 6.41. The molecule has 0 saturated heterocycles.